The second-order valence-corrected chi connectivity index (χ2v) is 8.32. The van der Waals surface area contributed by atoms with Crippen molar-refractivity contribution >= 4 is 5.97 Å². The van der Waals surface area contributed by atoms with Crippen LogP contribution in [0, 0.1) is 25.7 Å². The van der Waals surface area contributed by atoms with E-state index in [2.05, 4.69) is 30.2 Å². The van der Waals surface area contributed by atoms with Crippen LogP contribution in [0.1, 0.15) is 47.4 Å². The molecule has 6 nitrogen and oxygen atoms in total. The summed E-state index contributed by atoms with van der Waals surface area (Å²) >= 11 is 0. The number of hydrogen-bond acceptors (Lipinski definition) is 5. The molecule has 3 atom stereocenters. The third kappa shape index (κ3) is 2.98. The molecule has 0 radical (unpaired) electrons. The lowest BCUT2D eigenvalue weighted by Crippen LogP contribution is -2.22. The fraction of sp³-hybridized carbons (Fsp3) is 0.375. The minimum atomic E-state index is -0.157. The molecule has 1 aliphatic carbocycles. The van der Waals surface area contributed by atoms with E-state index in [0.717, 1.165) is 41.1 Å². The Balaban J connectivity index is 1.45. The Morgan fingerprint density at radius 2 is 2.03 bits per heavy atom. The minimum absolute atomic E-state index is 0.0428. The van der Waals surface area contributed by atoms with Crippen molar-refractivity contribution in [2.24, 2.45) is 11.8 Å². The van der Waals surface area contributed by atoms with Crippen molar-refractivity contribution in [2.45, 2.75) is 46.3 Å². The van der Waals surface area contributed by atoms with Crippen molar-refractivity contribution in [2.75, 3.05) is 0 Å². The Labute approximate surface area is 175 Å². The predicted octanol–water partition coefficient (Wildman–Crippen LogP) is 4.26. The summed E-state index contributed by atoms with van der Waals surface area (Å²) < 4.78 is 13.8. The fourth-order valence-corrected chi connectivity index (χ4v) is 4.87. The Bertz CT molecular complexity index is 1110. The van der Waals surface area contributed by atoms with Crippen LogP contribution in [0.2, 0.25) is 0 Å². The maximum absolute atomic E-state index is 12.2. The van der Waals surface area contributed by atoms with Gasteiger partial charge in [-0.15, -0.1) is 5.10 Å². The summed E-state index contributed by atoms with van der Waals surface area (Å²) in [7, 11) is 0. The Hall–Kier alpha value is -3.15. The molecule has 1 aromatic heterocycles. The highest BCUT2D eigenvalue weighted by molar-refractivity contribution is 5.76. The highest BCUT2D eigenvalue weighted by Crippen LogP contribution is 2.49. The number of para-hydroxylation sites is 1. The number of fused-ring (bicyclic) bond motifs is 3. The first kappa shape index (κ1) is 18.9. The molecule has 0 N–H and O–H groups in total. The monoisotopic (exact) mass is 403 g/mol. The third-order valence-electron chi connectivity index (χ3n) is 6.58. The van der Waals surface area contributed by atoms with Crippen LogP contribution in [0.5, 0.6) is 5.75 Å². The molecule has 154 valence electrons. The number of aromatic nitrogens is 3. The van der Waals surface area contributed by atoms with Crippen LogP contribution in [0.3, 0.4) is 0 Å². The quantitative estimate of drug-likeness (QED) is 0.609. The first-order valence-corrected chi connectivity index (χ1v) is 10.5. The molecule has 3 aromatic rings. The van der Waals surface area contributed by atoms with Gasteiger partial charge in [-0.3, -0.25) is 4.79 Å². The molecule has 2 aliphatic rings. The Morgan fingerprint density at radius 1 is 1.23 bits per heavy atom. The van der Waals surface area contributed by atoms with Crippen molar-refractivity contribution in [1.82, 2.24) is 15.0 Å². The largest absolute Gasteiger partial charge is 0.487 e. The van der Waals surface area contributed by atoms with E-state index < -0.39 is 0 Å². The predicted molar refractivity (Wildman–Crippen MR) is 111 cm³/mol. The summed E-state index contributed by atoms with van der Waals surface area (Å²) in [5, 5.41) is 8.25. The van der Waals surface area contributed by atoms with E-state index in [1.54, 1.807) is 10.9 Å². The number of benzene rings is 2. The average molecular weight is 403 g/mol. The maximum Gasteiger partial charge on any atom is 0.309 e. The van der Waals surface area contributed by atoms with Crippen molar-refractivity contribution in [1.29, 1.82) is 0 Å². The zero-order valence-electron chi connectivity index (χ0n) is 17.5. The zero-order chi connectivity index (χ0) is 20.8. The van der Waals surface area contributed by atoms with Crippen LogP contribution >= 0.6 is 0 Å². The molecule has 30 heavy (non-hydrogen) atoms. The van der Waals surface area contributed by atoms with E-state index in [0.29, 0.717) is 6.61 Å². The number of esters is 1. The molecule has 0 saturated carbocycles. The molecule has 0 unspecified atom stereocenters. The number of aryl methyl sites for hydroxylation is 1. The van der Waals surface area contributed by atoms with Gasteiger partial charge in [-0.2, -0.15) is 0 Å². The molecule has 2 heterocycles. The smallest absolute Gasteiger partial charge is 0.309 e. The zero-order valence-corrected chi connectivity index (χ0v) is 17.5. The molecular weight excluding hydrogens is 378 g/mol. The average Bonchev–Trinajstić information content (AvgIpc) is 3.34. The molecule has 0 amide bonds. The highest BCUT2D eigenvalue weighted by Gasteiger charge is 2.46. The van der Waals surface area contributed by atoms with Gasteiger partial charge in [-0.1, -0.05) is 30.3 Å². The number of carbonyl (C=O) groups excluding carboxylic acids is 1. The molecule has 0 bridgehead atoms. The van der Waals surface area contributed by atoms with Gasteiger partial charge in [0.15, 0.2) is 0 Å². The number of hydrogen-bond donors (Lipinski definition) is 0. The Morgan fingerprint density at radius 3 is 2.83 bits per heavy atom. The number of rotatable bonds is 4. The molecule has 1 saturated heterocycles. The normalized spacial score (nSPS) is 22.4. The van der Waals surface area contributed by atoms with E-state index in [1.165, 1.54) is 11.1 Å². The van der Waals surface area contributed by atoms with Gasteiger partial charge in [0.25, 0.3) is 0 Å². The summed E-state index contributed by atoms with van der Waals surface area (Å²) in [6, 6.07) is 12.0. The van der Waals surface area contributed by atoms with E-state index in [1.807, 2.05) is 37.3 Å². The van der Waals surface area contributed by atoms with Crippen LogP contribution in [-0.4, -0.2) is 21.0 Å². The first-order chi connectivity index (χ1) is 14.5. The molecule has 5 rings (SSSR count). The van der Waals surface area contributed by atoms with Gasteiger partial charge in [0.2, 0.25) is 0 Å². The summed E-state index contributed by atoms with van der Waals surface area (Å²) in [5.41, 5.74) is 6.52. The number of ether oxygens (including phenoxy) is 2. The molecule has 6 heteroatoms. The molecule has 1 fully saturated rings. The summed E-state index contributed by atoms with van der Waals surface area (Å²) in [4.78, 5) is 12.2. The molecule has 1 aliphatic heterocycles. The second kappa shape index (κ2) is 7.27. The highest BCUT2D eigenvalue weighted by atomic mass is 16.6. The lowest BCUT2D eigenvalue weighted by molar-refractivity contribution is -0.144. The van der Waals surface area contributed by atoms with Crippen molar-refractivity contribution < 1.29 is 14.3 Å². The maximum atomic E-state index is 12.2. The first-order valence-electron chi connectivity index (χ1n) is 10.5. The van der Waals surface area contributed by atoms with Crippen molar-refractivity contribution in [3.63, 3.8) is 0 Å². The van der Waals surface area contributed by atoms with Crippen molar-refractivity contribution in [3.05, 3.63) is 70.5 Å². The van der Waals surface area contributed by atoms with Crippen LogP contribution in [0.4, 0.5) is 0 Å². The minimum Gasteiger partial charge on any atom is -0.487 e. The van der Waals surface area contributed by atoms with Gasteiger partial charge in [-0.25, -0.2) is 4.68 Å². The van der Waals surface area contributed by atoms with E-state index in [-0.39, 0.29) is 23.9 Å². The van der Waals surface area contributed by atoms with Crippen LogP contribution < -0.4 is 4.74 Å². The van der Waals surface area contributed by atoms with Gasteiger partial charge in [0.05, 0.1) is 17.8 Å². The van der Waals surface area contributed by atoms with E-state index in [9.17, 15) is 4.79 Å². The summed E-state index contributed by atoms with van der Waals surface area (Å²) in [6.45, 7) is 6.52. The molecule has 0 spiro atoms. The van der Waals surface area contributed by atoms with Crippen molar-refractivity contribution in [3.8, 4) is 11.4 Å². The lowest BCUT2D eigenvalue weighted by Gasteiger charge is -2.31. The lowest BCUT2D eigenvalue weighted by atomic mass is 9.74. The van der Waals surface area contributed by atoms with Gasteiger partial charge in [0, 0.05) is 11.5 Å². The van der Waals surface area contributed by atoms with Gasteiger partial charge in [0.1, 0.15) is 24.2 Å². The number of carbonyl (C=O) groups is 1. The Kier molecular flexibility index (Phi) is 4.57. The van der Waals surface area contributed by atoms with E-state index >= 15 is 0 Å². The second-order valence-electron chi connectivity index (χ2n) is 8.32. The third-order valence-corrected chi connectivity index (χ3v) is 6.58. The number of nitrogens with zero attached hydrogens (tertiary/aromatic N) is 3. The van der Waals surface area contributed by atoms with Gasteiger partial charge < -0.3 is 9.47 Å². The summed E-state index contributed by atoms with van der Waals surface area (Å²) in [6.07, 6.45) is 3.54. The standard InChI is InChI=1S/C24H25N3O3/c1-14-11-21(29-13-18-12-25-26-27(18)17-7-5-4-6-8-17)16(3)22-19(14)9-10-20-15(2)24(28)30-23(20)22/h4-8,11-12,15,20,23H,9-10,13H2,1-3H3/t15-,20-,23+/m0/s1. The SMILES string of the molecule is Cc1cc(OCc2cnnn2-c2ccccc2)c(C)c2c1CC[C@H]1[C@H](C)C(=O)O[C@@H]21. The topological polar surface area (TPSA) is 66.2 Å². The van der Waals surface area contributed by atoms with Gasteiger partial charge in [-0.05, 0) is 61.6 Å². The molecule has 2 aromatic carbocycles. The van der Waals surface area contributed by atoms with Gasteiger partial charge >= 0.3 is 5.97 Å². The van der Waals surface area contributed by atoms with Crippen LogP contribution in [0.15, 0.2) is 42.6 Å². The molecular formula is C24H25N3O3. The summed E-state index contributed by atoms with van der Waals surface area (Å²) in [5.74, 6) is 0.947. The fourth-order valence-electron chi connectivity index (χ4n) is 4.87. The van der Waals surface area contributed by atoms with Crippen LogP contribution in [0.25, 0.3) is 5.69 Å². The van der Waals surface area contributed by atoms with E-state index in [4.69, 9.17) is 9.47 Å². The van der Waals surface area contributed by atoms with Crippen LogP contribution in [-0.2, 0) is 22.6 Å².